The molecule has 1 aromatic rings. The van der Waals surface area contributed by atoms with Crippen LogP contribution in [0.25, 0.3) is 0 Å². The van der Waals surface area contributed by atoms with Crippen LogP contribution in [0.2, 0.25) is 0 Å². The van der Waals surface area contributed by atoms with Crippen LogP contribution in [0.1, 0.15) is 11.3 Å². The molecule has 0 aliphatic rings. The molecule has 0 aromatic carbocycles. The zero-order valence-corrected chi connectivity index (χ0v) is 10.2. The molecule has 8 nitrogen and oxygen atoms in total. The number of carboxylic acid groups (broad SMARTS) is 1. The second-order valence-corrected chi connectivity index (χ2v) is 3.78. The number of hydrogen-bond acceptors (Lipinski definition) is 4. The van der Waals surface area contributed by atoms with Crippen molar-refractivity contribution >= 4 is 12.0 Å². The molecule has 100 valence electrons. The molecular weight excluding hydrogens is 240 g/mol. The van der Waals surface area contributed by atoms with Gasteiger partial charge in [0.2, 0.25) is 0 Å². The van der Waals surface area contributed by atoms with Gasteiger partial charge in [0.15, 0.2) is 6.04 Å². The molecule has 0 unspecified atom stereocenters. The molecule has 1 heterocycles. The fourth-order valence-electron chi connectivity index (χ4n) is 1.29. The smallest absolute Gasteiger partial charge is 0.328 e. The van der Waals surface area contributed by atoms with Crippen LogP contribution < -0.4 is 10.6 Å². The number of rotatable bonds is 5. The van der Waals surface area contributed by atoms with Crippen molar-refractivity contribution in [2.75, 3.05) is 6.61 Å². The van der Waals surface area contributed by atoms with Crippen molar-refractivity contribution in [2.24, 2.45) is 7.05 Å². The summed E-state index contributed by atoms with van der Waals surface area (Å²) < 4.78 is 1.67. The minimum Gasteiger partial charge on any atom is -0.480 e. The average Bonchev–Trinajstić information content (AvgIpc) is 2.64. The fraction of sp³-hybridized carbons (Fsp3) is 0.500. The second kappa shape index (κ2) is 6.01. The Kier molecular flexibility index (Phi) is 4.67. The summed E-state index contributed by atoms with van der Waals surface area (Å²) in [7, 11) is 1.78. The van der Waals surface area contributed by atoms with Crippen molar-refractivity contribution in [1.29, 1.82) is 0 Å². The lowest BCUT2D eigenvalue weighted by Crippen LogP contribution is -2.47. The summed E-state index contributed by atoms with van der Waals surface area (Å²) in [5.41, 5.74) is 1.75. The van der Waals surface area contributed by atoms with Gasteiger partial charge in [-0.3, -0.25) is 4.68 Å². The molecule has 8 heteroatoms. The van der Waals surface area contributed by atoms with Crippen LogP contribution >= 0.6 is 0 Å². The normalized spacial score (nSPS) is 11.9. The number of amides is 2. The maximum Gasteiger partial charge on any atom is 0.328 e. The van der Waals surface area contributed by atoms with E-state index in [9.17, 15) is 9.59 Å². The second-order valence-electron chi connectivity index (χ2n) is 3.78. The van der Waals surface area contributed by atoms with Crippen LogP contribution in [-0.4, -0.2) is 44.6 Å². The Morgan fingerprint density at radius 1 is 1.56 bits per heavy atom. The lowest BCUT2D eigenvalue weighted by Gasteiger charge is -2.12. The number of carbonyl (C=O) groups excluding carboxylic acids is 1. The number of carbonyl (C=O) groups is 2. The number of nitrogens with zero attached hydrogens (tertiary/aromatic N) is 2. The summed E-state index contributed by atoms with van der Waals surface area (Å²) in [4.78, 5) is 22.0. The fourth-order valence-corrected chi connectivity index (χ4v) is 1.29. The quantitative estimate of drug-likeness (QED) is 0.537. The van der Waals surface area contributed by atoms with Crippen LogP contribution in [0.3, 0.4) is 0 Å². The highest BCUT2D eigenvalue weighted by atomic mass is 16.4. The Balaban J connectivity index is 2.46. The van der Waals surface area contributed by atoms with Gasteiger partial charge in [0.05, 0.1) is 12.8 Å². The molecule has 0 saturated carbocycles. The van der Waals surface area contributed by atoms with Gasteiger partial charge in [-0.2, -0.15) is 5.10 Å². The minimum absolute atomic E-state index is 0.239. The first kappa shape index (κ1) is 14.0. The molecule has 0 aliphatic heterocycles. The van der Waals surface area contributed by atoms with E-state index in [0.29, 0.717) is 0 Å². The number of aromatic nitrogens is 2. The van der Waals surface area contributed by atoms with E-state index in [1.54, 1.807) is 17.9 Å². The summed E-state index contributed by atoms with van der Waals surface area (Å²) in [6.07, 6.45) is 1.62. The van der Waals surface area contributed by atoms with Crippen molar-refractivity contribution in [3.8, 4) is 0 Å². The molecule has 0 saturated heterocycles. The number of aliphatic carboxylic acids is 1. The SMILES string of the molecule is Cc1c(CNC(=O)N[C@@H](CO)C(=O)O)cnn1C. The van der Waals surface area contributed by atoms with E-state index in [4.69, 9.17) is 10.2 Å². The summed E-state index contributed by atoms with van der Waals surface area (Å²) in [6.45, 7) is 1.44. The Bertz CT molecular complexity index is 443. The third-order valence-corrected chi connectivity index (χ3v) is 2.56. The molecule has 18 heavy (non-hydrogen) atoms. The van der Waals surface area contributed by atoms with Crippen molar-refractivity contribution in [3.63, 3.8) is 0 Å². The summed E-state index contributed by atoms with van der Waals surface area (Å²) in [5.74, 6) is -1.29. The first-order chi connectivity index (χ1) is 8.45. The van der Waals surface area contributed by atoms with E-state index in [1.165, 1.54) is 0 Å². The molecule has 1 aromatic heterocycles. The van der Waals surface area contributed by atoms with Gasteiger partial charge in [0.1, 0.15) is 0 Å². The van der Waals surface area contributed by atoms with Crippen LogP contribution in [0.15, 0.2) is 6.20 Å². The highest BCUT2D eigenvalue weighted by Crippen LogP contribution is 2.04. The predicted molar refractivity (Wildman–Crippen MR) is 61.8 cm³/mol. The standard InChI is InChI=1S/C10H16N4O4/c1-6-7(4-12-14(6)2)3-11-10(18)13-8(5-15)9(16)17/h4,8,15H,3,5H2,1-2H3,(H,16,17)(H2,11,13,18)/t8-/m0/s1. The molecule has 1 rings (SSSR count). The Hall–Kier alpha value is -2.09. The zero-order valence-electron chi connectivity index (χ0n) is 10.2. The van der Waals surface area contributed by atoms with E-state index in [-0.39, 0.29) is 6.54 Å². The number of aliphatic hydroxyl groups is 1. The van der Waals surface area contributed by atoms with Gasteiger partial charge in [-0.05, 0) is 6.92 Å². The molecule has 0 spiro atoms. The van der Waals surface area contributed by atoms with Crippen molar-refractivity contribution in [1.82, 2.24) is 20.4 Å². The topological polar surface area (TPSA) is 116 Å². The molecule has 0 bridgehead atoms. The van der Waals surface area contributed by atoms with Crippen LogP contribution in [0.4, 0.5) is 4.79 Å². The van der Waals surface area contributed by atoms with E-state index < -0.39 is 24.6 Å². The molecule has 0 fully saturated rings. The van der Waals surface area contributed by atoms with Crippen LogP contribution in [0.5, 0.6) is 0 Å². The van der Waals surface area contributed by atoms with Crippen molar-refractivity contribution < 1.29 is 19.8 Å². The molecule has 0 radical (unpaired) electrons. The molecule has 2 amide bonds. The number of aryl methyl sites for hydroxylation is 1. The van der Waals surface area contributed by atoms with Gasteiger partial charge in [-0.25, -0.2) is 9.59 Å². The maximum atomic E-state index is 11.4. The molecule has 4 N–H and O–H groups in total. The third-order valence-electron chi connectivity index (χ3n) is 2.56. The van der Waals surface area contributed by atoms with E-state index in [1.807, 2.05) is 6.92 Å². The molecular formula is C10H16N4O4. The highest BCUT2D eigenvalue weighted by molar-refractivity contribution is 5.82. The monoisotopic (exact) mass is 256 g/mol. The maximum absolute atomic E-state index is 11.4. The van der Waals surface area contributed by atoms with Crippen LogP contribution in [-0.2, 0) is 18.4 Å². The molecule has 0 aliphatic carbocycles. The van der Waals surface area contributed by atoms with Crippen LogP contribution in [0, 0.1) is 6.92 Å². The minimum atomic E-state index is -1.31. The number of carboxylic acids is 1. The van der Waals surface area contributed by atoms with Gasteiger partial charge in [-0.15, -0.1) is 0 Å². The average molecular weight is 256 g/mol. The number of aliphatic hydroxyl groups excluding tert-OH is 1. The van der Waals surface area contributed by atoms with Gasteiger partial charge in [0, 0.05) is 24.8 Å². The number of hydrogen-bond donors (Lipinski definition) is 4. The largest absolute Gasteiger partial charge is 0.480 e. The summed E-state index contributed by atoms with van der Waals surface area (Å²) in [6, 6.07) is -1.96. The van der Waals surface area contributed by atoms with Gasteiger partial charge >= 0.3 is 12.0 Å². The van der Waals surface area contributed by atoms with Gasteiger partial charge in [0.25, 0.3) is 0 Å². The highest BCUT2D eigenvalue weighted by Gasteiger charge is 2.18. The number of nitrogens with one attached hydrogen (secondary N) is 2. The van der Waals surface area contributed by atoms with E-state index in [2.05, 4.69) is 15.7 Å². The van der Waals surface area contributed by atoms with Gasteiger partial charge in [-0.1, -0.05) is 0 Å². The van der Waals surface area contributed by atoms with Gasteiger partial charge < -0.3 is 20.8 Å². The lowest BCUT2D eigenvalue weighted by molar-refractivity contribution is -0.140. The van der Waals surface area contributed by atoms with Crippen molar-refractivity contribution in [2.45, 2.75) is 19.5 Å². The Morgan fingerprint density at radius 3 is 2.67 bits per heavy atom. The zero-order chi connectivity index (χ0) is 13.7. The Labute approximate surface area is 104 Å². The van der Waals surface area contributed by atoms with E-state index >= 15 is 0 Å². The Morgan fingerprint density at radius 2 is 2.22 bits per heavy atom. The summed E-state index contributed by atoms with van der Waals surface area (Å²) >= 11 is 0. The first-order valence-electron chi connectivity index (χ1n) is 5.31. The molecule has 1 atom stereocenters. The number of urea groups is 1. The lowest BCUT2D eigenvalue weighted by atomic mass is 10.2. The third kappa shape index (κ3) is 3.45. The summed E-state index contributed by atoms with van der Waals surface area (Å²) in [5, 5.41) is 26.0. The predicted octanol–water partition coefficient (Wildman–Crippen LogP) is -1.03. The van der Waals surface area contributed by atoms with E-state index in [0.717, 1.165) is 11.3 Å². The first-order valence-corrected chi connectivity index (χ1v) is 5.31. The van der Waals surface area contributed by atoms with Crippen molar-refractivity contribution in [3.05, 3.63) is 17.5 Å².